The minimum atomic E-state index is -1.05. The van der Waals surface area contributed by atoms with Gasteiger partial charge in [-0.15, -0.1) is 0 Å². The molecule has 1 aliphatic heterocycles. The number of rotatable bonds is 5. The van der Waals surface area contributed by atoms with Gasteiger partial charge in [-0.3, -0.25) is 14.4 Å². The number of carboxylic acids is 1. The van der Waals surface area contributed by atoms with Crippen molar-refractivity contribution in [3.63, 3.8) is 0 Å². The number of hydrogen-bond donors (Lipinski definition) is 1. The van der Waals surface area contributed by atoms with Crippen LogP contribution in [0.4, 0.5) is 0 Å². The summed E-state index contributed by atoms with van der Waals surface area (Å²) in [5.74, 6) is -2.31. The third kappa shape index (κ3) is 3.79. The fourth-order valence-corrected chi connectivity index (χ4v) is 1.53. The SMILES string of the molecule is O=C(O)CCC(=O)C(=O)C1CCOCC1. The highest BCUT2D eigenvalue weighted by Crippen LogP contribution is 2.16. The van der Waals surface area contributed by atoms with E-state index in [1.54, 1.807) is 0 Å². The lowest BCUT2D eigenvalue weighted by atomic mass is 9.91. The minimum absolute atomic E-state index is 0.189. The van der Waals surface area contributed by atoms with Crippen LogP contribution in [-0.2, 0) is 19.1 Å². The first kappa shape index (κ1) is 11.8. The molecule has 0 radical (unpaired) electrons. The van der Waals surface area contributed by atoms with Crippen LogP contribution in [0, 0.1) is 5.92 Å². The molecule has 15 heavy (non-hydrogen) atoms. The van der Waals surface area contributed by atoms with E-state index >= 15 is 0 Å². The van der Waals surface area contributed by atoms with Gasteiger partial charge in [-0.05, 0) is 12.8 Å². The molecule has 84 valence electrons. The molecule has 1 N–H and O–H groups in total. The Morgan fingerprint density at radius 2 is 1.73 bits per heavy atom. The number of ketones is 2. The summed E-state index contributed by atoms with van der Waals surface area (Å²) in [6.07, 6.45) is 0.675. The first-order valence-corrected chi connectivity index (χ1v) is 4.98. The summed E-state index contributed by atoms with van der Waals surface area (Å²) in [7, 11) is 0. The molecule has 1 aliphatic rings. The summed E-state index contributed by atoms with van der Waals surface area (Å²) in [6, 6.07) is 0. The van der Waals surface area contributed by atoms with E-state index in [1.165, 1.54) is 0 Å². The van der Waals surface area contributed by atoms with Gasteiger partial charge in [-0.25, -0.2) is 0 Å². The number of Topliss-reactive ketones (excluding diaryl/α,β-unsaturated/α-hetero) is 2. The molecular weight excluding hydrogens is 200 g/mol. The maximum absolute atomic E-state index is 11.5. The third-order valence-electron chi connectivity index (χ3n) is 2.43. The molecule has 1 rings (SSSR count). The van der Waals surface area contributed by atoms with Crippen LogP contribution >= 0.6 is 0 Å². The number of carboxylic acid groups (broad SMARTS) is 1. The van der Waals surface area contributed by atoms with E-state index in [9.17, 15) is 14.4 Å². The number of carbonyl (C=O) groups is 3. The van der Waals surface area contributed by atoms with Crippen LogP contribution < -0.4 is 0 Å². The standard InChI is InChI=1S/C10H14O5/c11-8(1-2-9(12)13)10(14)7-3-5-15-6-4-7/h7H,1-6H2,(H,12,13). The zero-order valence-corrected chi connectivity index (χ0v) is 8.40. The average Bonchev–Trinajstić information content (AvgIpc) is 2.26. The molecule has 0 bridgehead atoms. The molecule has 0 aromatic heterocycles. The minimum Gasteiger partial charge on any atom is -0.481 e. The van der Waals surface area contributed by atoms with Crippen molar-refractivity contribution in [2.75, 3.05) is 13.2 Å². The second-order valence-corrected chi connectivity index (χ2v) is 3.57. The summed E-state index contributed by atoms with van der Waals surface area (Å²) in [5.41, 5.74) is 0. The van der Waals surface area contributed by atoms with Gasteiger partial charge in [0.25, 0.3) is 0 Å². The van der Waals surface area contributed by atoms with E-state index in [4.69, 9.17) is 9.84 Å². The quantitative estimate of drug-likeness (QED) is 0.670. The molecule has 0 amide bonds. The molecule has 0 spiro atoms. The Balaban J connectivity index is 2.37. The van der Waals surface area contributed by atoms with Crippen molar-refractivity contribution in [3.8, 4) is 0 Å². The summed E-state index contributed by atoms with van der Waals surface area (Å²) >= 11 is 0. The van der Waals surface area contributed by atoms with Crippen molar-refractivity contribution >= 4 is 17.5 Å². The lowest BCUT2D eigenvalue weighted by molar-refractivity contribution is -0.143. The highest BCUT2D eigenvalue weighted by Gasteiger charge is 2.26. The smallest absolute Gasteiger partial charge is 0.303 e. The van der Waals surface area contributed by atoms with Crippen LogP contribution in [0.1, 0.15) is 25.7 Å². The fraction of sp³-hybridized carbons (Fsp3) is 0.700. The van der Waals surface area contributed by atoms with Crippen LogP contribution in [0.3, 0.4) is 0 Å². The second kappa shape index (κ2) is 5.60. The Morgan fingerprint density at radius 3 is 2.27 bits per heavy atom. The summed E-state index contributed by atoms with van der Waals surface area (Å²) in [5, 5.41) is 8.37. The molecule has 5 heteroatoms. The zero-order chi connectivity index (χ0) is 11.3. The van der Waals surface area contributed by atoms with Gasteiger partial charge in [0.05, 0.1) is 6.42 Å². The van der Waals surface area contributed by atoms with Crippen molar-refractivity contribution in [2.45, 2.75) is 25.7 Å². The van der Waals surface area contributed by atoms with Crippen molar-refractivity contribution in [2.24, 2.45) is 5.92 Å². The molecule has 0 saturated carbocycles. The fourth-order valence-electron chi connectivity index (χ4n) is 1.53. The van der Waals surface area contributed by atoms with E-state index in [0.29, 0.717) is 26.1 Å². The Bertz CT molecular complexity index is 265. The topological polar surface area (TPSA) is 80.7 Å². The monoisotopic (exact) mass is 214 g/mol. The van der Waals surface area contributed by atoms with Gasteiger partial charge in [0.2, 0.25) is 5.78 Å². The molecule has 0 atom stereocenters. The van der Waals surface area contributed by atoms with Crippen LogP contribution in [0.25, 0.3) is 0 Å². The highest BCUT2D eigenvalue weighted by atomic mass is 16.5. The van der Waals surface area contributed by atoms with Gasteiger partial charge in [0.15, 0.2) is 5.78 Å². The van der Waals surface area contributed by atoms with E-state index in [1.807, 2.05) is 0 Å². The van der Waals surface area contributed by atoms with Crippen LogP contribution in [-0.4, -0.2) is 35.9 Å². The van der Waals surface area contributed by atoms with Gasteiger partial charge in [-0.1, -0.05) is 0 Å². The van der Waals surface area contributed by atoms with Gasteiger partial charge in [-0.2, -0.15) is 0 Å². The van der Waals surface area contributed by atoms with E-state index < -0.39 is 17.5 Å². The Kier molecular flexibility index (Phi) is 4.42. The van der Waals surface area contributed by atoms with E-state index in [0.717, 1.165) is 0 Å². The largest absolute Gasteiger partial charge is 0.481 e. The van der Waals surface area contributed by atoms with Gasteiger partial charge in [0.1, 0.15) is 0 Å². The first-order chi connectivity index (χ1) is 7.11. The van der Waals surface area contributed by atoms with Gasteiger partial charge in [0, 0.05) is 25.6 Å². The van der Waals surface area contributed by atoms with E-state index in [2.05, 4.69) is 0 Å². The van der Waals surface area contributed by atoms with Crippen LogP contribution in [0.2, 0.25) is 0 Å². The van der Waals surface area contributed by atoms with Gasteiger partial charge < -0.3 is 9.84 Å². The third-order valence-corrected chi connectivity index (χ3v) is 2.43. The predicted octanol–water partition coefficient (Wildman–Crippen LogP) is 0.416. The van der Waals surface area contributed by atoms with Crippen molar-refractivity contribution in [3.05, 3.63) is 0 Å². The molecule has 0 aliphatic carbocycles. The Morgan fingerprint density at radius 1 is 1.13 bits per heavy atom. The Labute approximate surface area is 87.4 Å². The number of carbonyl (C=O) groups excluding carboxylic acids is 2. The maximum atomic E-state index is 11.5. The molecule has 1 heterocycles. The van der Waals surface area contributed by atoms with Gasteiger partial charge >= 0.3 is 5.97 Å². The lowest BCUT2D eigenvalue weighted by Gasteiger charge is -2.19. The van der Waals surface area contributed by atoms with Crippen molar-refractivity contribution < 1.29 is 24.2 Å². The molecular formula is C10H14O5. The molecule has 0 unspecified atom stereocenters. The lowest BCUT2D eigenvalue weighted by Crippen LogP contribution is -2.29. The van der Waals surface area contributed by atoms with E-state index in [-0.39, 0.29) is 18.8 Å². The zero-order valence-electron chi connectivity index (χ0n) is 8.40. The van der Waals surface area contributed by atoms with Crippen molar-refractivity contribution in [1.82, 2.24) is 0 Å². The Hall–Kier alpha value is -1.23. The summed E-state index contributed by atoms with van der Waals surface area (Å²) < 4.78 is 5.07. The summed E-state index contributed by atoms with van der Waals surface area (Å²) in [4.78, 5) is 33.0. The van der Waals surface area contributed by atoms with Crippen LogP contribution in [0.15, 0.2) is 0 Å². The number of ether oxygens (including phenoxy) is 1. The normalized spacial score (nSPS) is 17.3. The molecule has 1 saturated heterocycles. The predicted molar refractivity (Wildman–Crippen MR) is 50.4 cm³/mol. The maximum Gasteiger partial charge on any atom is 0.303 e. The average molecular weight is 214 g/mol. The first-order valence-electron chi connectivity index (χ1n) is 4.98. The summed E-state index contributed by atoms with van der Waals surface area (Å²) in [6.45, 7) is 1.01. The number of aliphatic carboxylic acids is 1. The molecule has 5 nitrogen and oxygen atoms in total. The second-order valence-electron chi connectivity index (χ2n) is 3.57. The van der Waals surface area contributed by atoms with Crippen molar-refractivity contribution in [1.29, 1.82) is 0 Å². The highest BCUT2D eigenvalue weighted by molar-refractivity contribution is 6.38. The molecule has 0 aromatic rings. The number of hydrogen-bond acceptors (Lipinski definition) is 4. The molecule has 0 aromatic carbocycles. The molecule has 1 fully saturated rings. The van der Waals surface area contributed by atoms with Crippen LogP contribution in [0.5, 0.6) is 0 Å².